The molecule has 0 aliphatic carbocycles. The number of nitrogens with zero attached hydrogens (tertiary/aromatic N) is 3. The molecular formula is C9H10N4. The van der Waals surface area contributed by atoms with Gasteiger partial charge < -0.3 is 5.73 Å². The van der Waals surface area contributed by atoms with Gasteiger partial charge in [-0.25, -0.2) is 0 Å². The van der Waals surface area contributed by atoms with Gasteiger partial charge in [0.2, 0.25) is 0 Å². The Bertz CT molecular complexity index is 405. The fourth-order valence-corrected chi connectivity index (χ4v) is 1.23. The molecule has 0 radical (unpaired) electrons. The molecule has 0 aliphatic heterocycles. The van der Waals surface area contributed by atoms with Crippen LogP contribution in [0.25, 0.3) is 11.3 Å². The van der Waals surface area contributed by atoms with Crippen molar-refractivity contribution in [1.29, 1.82) is 0 Å². The first kappa shape index (κ1) is 7.79. The molecule has 0 unspecified atom stereocenters. The summed E-state index contributed by atoms with van der Waals surface area (Å²) in [7, 11) is 1.84. The second-order valence-corrected chi connectivity index (χ2v) is 2.82. The van der Waals surface area contributed by atoms with Gasteiger partial charge in [-0.3, -0.25) is 9.67 Å². The lowest BCUT2D eigenvalue weighted by molar-refractivity contribution is 0.772. The molecule has 2 aromatic heterocycles. The standard InChI is InChI=1S/C9H10N4/c1-13-6-7(9(10)12-13)8-4-2-3-5-11-8/h2-6H,1H3,(H2,10,12). The maximum Gasteiger partial charge on any atom is 0.154 e. The predicted molar refractivity (Wildman–Crippen MR) is 50.9 cm³/mol. The van der Waals surface area contributed by atoms with Crippen LogP contribution in [0.15, 0.2) is 30.6 Å². The number of aromatic nitrogens is 3. The molecule has 0 saturated heterocycles. The number of nitrogen functional groups attached to an aromatic ring is 1. The highest BCUT2D eigenvalue weighted by Gasteiger charge is 2.06. The van der Waals surface area contributed by atoms with Crippen molar-refractivity contribution >= 4 is 5.82 Å². The summed E-state index contributed by atoms with van der Waals surface area (Å²) in [5.74, 6) is 0.515. The molecule has 4 heteroatoms. The van der Waals surface area contributed by atoms with Crippen molar-refractivity contribution in [3.63, 3.8) is 0 Å². The second kappa shape index (κ2) is 2.90. The average molecular weight is 174 g/mol. The second-order valence-electron chi connectivity index (χ2n) is 2.82. The van der Waals surface area contributed by atoms with Crippen LogP contribution in [0.3, 0.4) is 0 Å². The number of hydrogen-bond donors (Lipinski definition) is 1. The lowest BCUT2D eigenvalue weighted by Gasteiger charge is -1.94. The predicted octanol–water partition coefficient (Wildman–Crippen LogP) is 1.06. The minimum Gasteiger partial charge on any atom is -0.382 e. The van der Waals surface area contributed by atoms with E-state index >= 15 is 0 Å². The van der Waals surface area contributed by atoms with Crippen LogP contribution in [0.2, 0.25) is 0 Å². The van der Waals surface area contributed by atoms with Crippen LogP contribution in [0.1, 0.15) is 0 Å². The third-order valence-corrected chi connectivity index (χ3v) is 1.80. The van der Waals surface area contributed by atoms with Gasteiger partial charge >= 0.3 is 0 Å². The summed E-state index contributed by atoms with van der Waals surface area (Å²) in [6, 6.07) is 5.71. The molecule has 0 fully saturated rings. The number of hydrogen-bond acceptors (Lipinski definition) is 3. The van der Waals surface area contributed by atoms with Crippen molar-refractivity contribution in [2.45, 2.75) is 0 Å². The van der Waals surface area contributed by atoms with E-state index in [1.165, 1.54) is 0 Å². The Labute approximate surface area is 76.0 Å². The summed E-state index contributed by atoms with van der Waals surface area (Å²) < 4.78 is 1.68. The smallest absolute Gasteiger partial charge is 0.154 e. The number of nitrogens with two attached hydrogens (primary N) is 1. The van der Waals surface area contributed by atoms with Gasteiger partial charge in [0.15, 0.2) is 5.82 Å². The van der Waals surface area contributed by atoms with Crippen molar-refractivity contribution < 1.29 is 0 Å². The van der Waals surface area contributed by atoms with Crippen LogP contribution in [-0.2, 0) is 7.05 Å². The van der Waals surface area contributed by atoms with Crippen LogP contribution in [0.4, 0.5) is 5.82 Å². The minimum absolute atomic E-state index is 0.515. The maximum atomic E-state index is 5.70. The Morgan fingerprint density at radius 1 is 1.38 bits per heavy atom. The summed E-state index contributed by atoms with van der Waals surface area (Å²) in [4.78, 5) is 4.19. The van der Waals surface area contributed by atoms with Crippen molar-refractivity contribution in [2.24, 2.45) is 7.05 Å². The highest BCUT2D eigenvalue weighted by Crippen LogP contribution is 2.21. The first-order valence-electron chi connectivity index (χ1n) is 3.98. The van der Waals surface area contributed by atoms with Crippen molar-refractivity contribution in [2.75, 3.05) is 5.73 Å². The molecular weight excluding hydrogens is 164 g/mol. The number of pyridine rings is 1. The van der Waals surface area contributed by atoms with Crippen molar-refractivity contribution in [3.8, 4) is 11.3 Å². The highest BCUT2D eigenvalue weighted by atomic mass is 15.3. The van der Waals surface area contributed by atoms with E-state index in [0.717, 1.165) is 11.3 Å². The van der Waals surface area contributed by atoms with E-state index in [-0.39, 0.29) is 0 Å². The van der Waals surface area contributed by atoms with Gasteiger partial charge in [0, 0.05) is 19.4 Å². The third kappa shape index (κ3) is 1.38. The van der Waals surface area contributed by atoms with Gasteiger partial charge in [0.25, 0.3) is 0 Å². The Morgan fingerprint density at radius 3 is 2.77 bits per heavy atom. The molecule has 0 bridgehead atoms. The zero-order chi connectivity index (χ0) is 9.26. The lowest BCUT2D eigenvalue weighted by atomic mass is 10.2. The molecule has 13 heavy (non-hydrogen) atoms. The van der Waals surface area contributed by atoms with E-state index in [1.807, 2.05) is 31.4 Å². The molecule has 0 atom stereocenters. The van der Waals surface area contributed by atoms with Gasteiger partial charge in [-0.05, 0) is 12.1 Å². The van der Waals surface area contributed by atoms with Crippen LogP contribution in [0, 0.1) is 0 Å². The number of rotatable bonds is 1. The summed E-state index contributed by atoms with van der Waals surface area (Å²) in [5, 5.41) is 4.04. The van der Waals surface area contributed by atoms with Gasteiger partial charge in [-0.15, -0.1) is 0 Å². The van der Waals surface area contributed by atoms with E-state index < -0.39 is 0 Å². The van der Waals surface area contributed by atoms with Gasteiger partial charge in [0.05, 0.1) is 11.3 Å². The van der Waals surface area contributed by atoms with Crippen LogP contribution >= 0.6 is 0 Å². The van der Waals surface area contributed by atoms with E-state index in [4.69, 9.17) is 5.73 Å². The van der Waals surface area contributed by atoms with E-state index in [1.54, 1.807) is 10.9 Å². The summed E-state index contributed by atoms with van der Waals surface area (Å²) in [6.45, 7) is 0. The SMILES string of the molecule is Cn1cc(-c2ccccn2)c(N)n1. The largest absolute Gasteiger partial charge is 0.382 e. The Kier molecular flexibility index (Phi) is 1.73. The minimum atomic E-state index is 0.515. The zero-order valence-electron chi connectivity index (χ0n) is 7.31. The highest BCUT2D eigenvalue weighted by molar-refractivity contribution is 5.69. The monoisotopic (exact) mass is 174 g/mol. The fraction of sp³-hybridized carbons (Fsp3) is 0.111. The molecule has 0 spiro atoms. The molecule has 0 saturated carbocycles. The Hall–Kier alpha value is -1.84. The van der Waals surface area contributed by atoms with Gasteiger partial charge in [0.1, 0.15) is 0 Å². The molecule has 4 nitrogen and oxygen atoms in total. The number of anilines is 1. The molecule has 0 aromatic carbocycles. The van der Waals surface area contributed by atoms with E-state index in [0.29, 0.717) is 5.82 Å². The van der Waals surface area contributed by atoms with E-state index in [9.17, 15) is 0 Å². The molecule has 2 aromatic rings. The lowest BCUT2D eigenvalue weighted by Crippen LogP contribution is -1.91. The normalized spacial score (nSPS) is 10.2. The molecule has 0 aliphatic rings. The fourth-order valence-electron chi connectivity index (χ4n) is 1.23. The van der Waals surface area contributed by atoms with Gasteiger partial charge in [-0.2, -0.15) is 5.10 Å². The van der Waals surface area contributed by atoms with Crippen molar-refractivity contribution in [1.82, 2.24) is 14.8 Å². The summed E-state index contributed by atoms with van der Waals surface area (Å²) in [6.07, 6.45) is 3.60. The van der Waals surface area contributed by atoms with Gasteiger partial charge in [-0.1, -0.05) is 6.07 Å². The first-order valence-corrected chi connectivity index (χ1v) is 3.98. The Balaban J connectivity index is 2.53. The average Bonchev–Trinajstić information content (AvgIpc) is 2.47. The van der Waals surface area contributed by atoms with E-state index in [2.05, 4.69) is 10.1 Å². The van der Waals surface area contributed by atoms with Crippen LogP contribution in [0.5, 0.6) is 0 Å². The maximum absolute atomic E-state index is 5.70. The molecule has 0 amide bonds. The van der Waals surface area contributed by atoms with Crippen molar-refractivity contribution in [3.05, 3.63) is 30.6 Å². The van der Waals surface area contributed by atoms with Crippen LogP contribution in [-0.4, -0.2) is 14.8 Å². The molecule has 2 N–H and O–H groups in total. The molecule has 2 heterocycles. The summed E-state index contributed by atoms with van der Waals surface area (Å²) in [5.41, 5.74) is 7.43. The Morgan fingerprint density at radius 2 is 2.23 bits per heavy atom. The summed E-state index contributed by atoms with van der Waals surface area (Å²) >= 11 is 0. The quantitative estimate of drug-likeness (QED) is 0.703. The molecule has 66 valence electrons. The topological polar surface area (TPSA) is 56.7 Å². The third-order valence-electron chi connectivity index (χ3n) is 1.80. The first-order chi connectivity index (χ1) is 6.27. The zero-order valence-corrected chi connectivity index (χ0v) is 7.31. The van der Waals surface area contributed by atoms with Crippen LogP contribution < -0.4 is 5.73 Å². The number of aryl methyl sites for hydroxylation is 1. The molecule has 2 rings (SSSR count).